The molecule has 0 saturated heterocycles. The van der Waals surface area contributed by atoms with Crippen LogP contribution < -0.4 is 10.5 Å². The Morgan fingerprint density at radius 1 is 0.909 bits per heavy atom. The summed E-state index contributed by atoms with van der Waals surface area (Å²) in [5.41, 5.74) is 12.4. The zero-order valence-electron chi connectivity index (χ0n) is 14.1. The van der Waals surface area contributed by atoms with Gasteiger partial charge in [-0.15, -0.1) is 0 Å². The molecular weight excluding hydrogens is 270 g/mol. The summed E-state index contributed by atoms with van der Waals surface area (Å²) >= 11 is 0. The lowest BCUT2D eigenvalue weighted by Gasteiger charge is -2.19. The average Bonchev–Trinajstić information content (AvgIpc) is 2.45. The van der Waals surface area contributed by atoms with E-state index in [0.717, 1.165) is 12.2 Å². The van der Waals surface area contributed by atoms with Crippen molar-refractivity contribution in [2.24, 2.45) is 5.73 Å². The molecule has 0 heterocycles. The predicted octanol–water partition coefficient (Wildman–Crippen LogP) is 4.43. The first-order chi connectivity index (χ1) is 10.5. The van der Waals surface area contributed by atoms with Crippen molar-refractivity contribution >= 4 is 0 Å². The molecule has 1 atom stereocenters. The lowest BCUT2D eigenvalue weighted by Crippen LogP contribution is -2.16. The Labute approximate surface area is 134 Å². The van der Waals surface area contributed by atoms with E-state index in [9.17, 15) is 0 Å². The summed E-state index contributed by atoms with van der Waals surface area (Å²) in [6, 6.07) is 12.9. The Kier molecular flexibility index (Phi) is 5.62. The van der Waals surface area contributed by atoms with Gasteiger partial charge in [0.15, 0.2) is 0 Å². The molecule has 2 aromatic rings. The minimum absolute atomic E-state index is 0.353. The zero-order valence-corrected chi connectivity index (χ0v) is 14.1. The molecule has 0 radical (unpaired) electrons. The highest BCUT2D eigenvalue weighted by atomic mass is 16.5. The van der Waals surface area contributed by atoms with Gasteiger partial charge in [0.2, 0.25) is 0 Å². The van der Waals surface area contributed by atoms with Crippen molar-refractivity contribution in [3.8, 4) is 5.75 Å². The summed E-state index contributed by atoms with van der Waals surface area (Å²) in [6.07, 6.45) is 0.938. The van der Waals surface area contributed by atoms with Gasteiger partial charge in [-0.2, -0.15) is 0 Å². The van der Waals surface area contributed by atoms with Gasteiger partial charge < -0.3 is 10.5 Å². The Balaban J connectivity index is 2.00. The van der Waals surface area contributed by atoms with E-state index >= 15 is 0 Å². The second kappa shape index (κ2) is 7.46. The summed E-state index contributed by atoms with van der Waals surface area (Å²) in [7, 11) is 0. The average molecular weight is 297 g/mol. The van der Waals surface area contributed by atoms with Gasteiger partial charge in [0.1, 0.15) is 5.75 Å². The highest BCUT2D eigenvalue weighted by Crippen LogP contribution is 2.24. The van der Waals surface area contributed by atoms with Gasteiger partial charge in [0.05, 0.1) is 6.61 Å². The molecule has 0 aliphatic carbocycles. The molecular formula is C20H27NO. The summed E-state index contributed by atoms with van der Waals surface area (Å²) in [5, 5.41) is 0. The van der Waals surface area contributed by atoms with E-state index in [4.69, 9.17) is 10.5 Å². The molecule has 2 heteroatoms. The van der Waals surface area contributed by atoms with Gasteiger partial charge in [-0.05, 0) is 81.0 Å². The maximum absolute atomic E-state index is 6.00. The first kappa shape index (κ1) is 16.6. The molecule has 1 unspecified atom stereocenters. The Morgan fingerprint density at radius 3 is 2.23 bits per heavy atom. The van der Waals surface area contributed by atoms with Crippen LogP contribution in [0.15, 0.2) is 36.4 Å². The second-order valence-electron chi connectivity index (χ2n) is 6.25. The number of benzene rings is 2. The summed E-state index contributed by atoms with van der Waals surface area (Å²) in [6.45, 7) is 9.82. The third-order valence-electron chi connectivity index (χ3n) is 4.09. The van der Waals surface area contributed by atoms with Gasteiger partial charge in [0.25, 0.3) is 0 Å². The fourth-order valence-corrected chi connectivity index (χ4v) is 2.94. The van der Waals surface area contributed by atoms with Crippen molar-refractivity contribution in [3.05, 3.63) is 64.2 Å². The number of nitrogens with two attached hydrogens (primary N) is 1. The number of hydrogen-bond donors (Lipinski definition) is 1. The van der Waals surface area contributed by atoms with Crippen LogP contribution in [0.1, 0.15) is 40.2 Å². The van der Waals surface area contributed by atoms with E-state index < -0.39 is 0 Å². The topological polar surface area (TPSA) is 35.2 Å². The van der Waals surface area contributed by atoms with E-state index in [0.29, 0.717) is 19.1 Å². The molecule has 2 nitrogen and oxygen atoms in total. The SMILES string of the molecule is Cc1cc(C)cc(OCCC(CN)c2cc(C)ccc2C)c1. The molecule has 0 saturated carbocycles. The number of aryl methyl sites for hydroxylation is 4. The number of ether oxygens (including phenoxy) is 1. The molecule has 0 fully saturated rings. The minimum atomic E-state index is 0.353. The summed E-state index contributed by atoms with van der Waals surface area (Å²) in [4.78, 5) is 0. The van der Waals surface area contributed by atoms with Crippen LogP contribution in [0.25, 0.3) is 0 Å². The third kappa shape index (κ3) is 4.35. The number of hydrogen-bond acceptors (Lipinski definition) is 2. The quantitative estimate of drug-likeness (QED) is 0.856. The van der Waals surface area contributed by atoms with Gasteiger partial charge in [-0.25, -0.2) is 0 Å². The predicted molar refractivity (Wildman–Crippen MR) is 93.7 cm³/mol. The fraction of sp³-hybridized carbons (Fsp3) is 0.400. The van der Waals surface area contributed by atoms with E-state index in [-0.39, 0.29) is 0 Å². The maximum atomic E-state index is 6.00. The second-order valence-corrected chi connectivity index (χ2v) is 6.25. The molecule has 0 aliphatic heterocycles. The fourth-order valence-electron chi connectivity index (χ4n) is 2.94. The number of rotatable bonds is 6. The molecule has 118 valence electrons. The summed E-state index contributed by atoms with van der Waals surface area (Å²) < 4.78 is 5.94. The van der Waals surface area contributed by atoms with Crippen LogP contribution in [-0.4, -0.2) is 13.2 Å². The Bertz CT molecular complexity index is 613. The van der Waals surface area contributed by atoms with Gasteiger partial charge in [-0.3, -0.25) is 0 Å². The lowest BCUT2D eigenvalue weighted by molar-refractivity contribution is 0.298. The zero-order chi connectivity index (χ0) is 16.1. The van der Waals surface area contributed by atoms with Crippen LogP contribution in [0.2, 0.25) is 0 Å². The van der Waals surface area contributed by atoms with Crippen LogP contribution in [-0.2, 0) is 0 Å². The van der Waals surface area contributed by atoms with Crippen molar-refractivity contribution in [3.63, 3.8) is 0 Å². The molecule has 2 aromatic carbocycles. The van der Waals surface area contributed by atoms with Crippen LogP contribution in [0, 0.1) is 27.7 Å². The van der Waals surface area contributed by atoms with Crippen molar-refractivity contribution < 1.29 is 4.74 Å². The van der Waals surface area contributed by atoms with Crippen molar-refractivity contribution in [1.29, 1.82) is 0 Å². The third-order valence-corrected chi connectivity index (χ3v) is 4.09. The largest absolute Gasteiger partial charge is 0.494 e. The van der Waals surface area contributed by atoms with Crippen LogP contribution in [0.3, 0.4) is 0 Å². The van der Waals surface area contributed by atoms with E-state index in [1.807, 2.05) is 0 Å². The molecule has 22 heavy (non-hydrogen) atoms. The summed E-state index contributed by atoms with van der Waals surface area (Å²) in [5.74, 6) is 1.31. The first-order valence-corrected chi connectivity index (χ1v) is 7.98. The molecule has 0 spiro atoms. The highest BCUT2D eigenvalue weighted by Gasteiger charge is 2.13. The van der Waals surface area contributed by atoms with Crippen molar-refractivity contribution in [2.45, 2.75) is 40.0 Å². The molecule has 2 N–H and O–H groups in total. The maximum Gasteiger partial charge on any atom is 0.119 e. The van der Waals surface area contributed by atoms with Crippen molar-refractivity contribution in [1.82, 2.24) is 0 Å². The van der Waals surface area contributed by atoms with Crippen LogP contribution >= 0.6 is 0 Å². The van der Waals surface area contributed by atoms with E-state index in [2.05, 4.69) is 64.1 Å². The highest BCUT2D eigenvalue weighted by molar-refractivity contribution is 5.34. The van der Waals surface area contributed by atoms with Crippen molar-refractivity contribution in [2.75, 3.05) is 13.2 Å². The smallest absolute Gasteiger partial charge is 0.119 e. The standard InChI is InChI=1S/C20H27NO/c1-14-5-6-17(4)20(12-14)18(13-21)7-8-22-19-10-15(2)9-16(3)11-19/h5-6,9-12,18H,7-8,13,21H2,1-4H3. The normalized spacial score (nSPS) is 12.2. The lowest BCUT2D eigenvalue weighted by atomic mass is 9.91. The van der Waals surface area contributed by atoms with E-state index in [1.165, 1.54) is 27.8 Å². The minimum Gasteiger partial charge on any atom is -0.494 e. The molecule has 2 rings (SSSR count). The van der Waals surface area contributed by atoms with Crippen LogP contribution in [0.5, 0.6) is 5.75 Å². The molecule has 0 amide bonds. The first-order valence-electron chi connectivity index (χ1n) is 7.98. The van der Waals surface area contributed by atoms with E-state index in [1.54, 1.807) is 0 Å². The van der Waals surface area contributed by atoms with Gasteiger partial charge >= 0.3 is 0 Å². The molecule has 0 bridgehead atoms. The Morgan fingerprint density at radius 2 is 1.59 bits per heavy atom. The van der Waals surface area contributed by atoms with Gasteiger partial charge in [0, 0.05) is 0 Å². The molecule has 0 aromatic heterocycles. The Hall–Kier alpha value is -1.80. The van der Waals surface area contributed by atoms with Crippen LogP contribution in [0.4, 0.5) is 0 Å². The van der Waals surface area contributed by atoms with Gasteiger partial charge in [-0.1, -0.05) is 29.8 Å². The molecule has 0 aliphatic rings. The monoisotopic (exact) mass is 297 g/mol.